The molecule has 0 aliphatic carbocycles. The molecule has 2 fully saturated rings. The van der Waals surface area contributed by atoms with E-state index in [2.05, 4.69) is 63.0 Å². The van der Waals surface area contributed by atoms with Crippen molar-refractivity contribution in [3.8, 4) is 22.8 Å². The number of nitrogens with zero attached hydrogens (tertiary/aromatic N) is 10. The molecule has 0 bridgehead atoms. The smallest absolute Gasteiger partial charge is 0.218 e. The van der Waals surface area contributed by atoms with E-state index in [1.54, 1.807) is 24.5 Å². The molecule has 0 saturated carbocycles. The van der Waals surface area contributed by atoms with Gasteiger partial charge in [0.1, 0.15) is 34.3 Å². The van der Waals surface area contributed by atoms with Gasteiger partial charge >= 0.3 is 0 Å². The summed E-state index contributed by atoms with van der Waals surface area (Å²) >= 11 is 22.3. The molecular formula is C44H35BrCl3F2N11O2. The number of nitrogens with one attached hydrogen (secondary N) is 1. The molecule has 19 heteroatoms. The van der Waals surface area contributed by atoms with Gasteiger partial charge in [-0.15, -0.1) is 0 Å². The SMILES string of the molecule is Cc1nc2c(-c3n[nH]c(Cl)n3)cc(N3CCOCC3)cc2n1-c1ccnc2c(Cl)ccc(F)c12.Cc1nc2c(Br)cc(N3CCOCC3)cc2n1-c1ccnc2c(Cl)ccc(F)c12. The van der Waals surface area contributed by atoms with Crippen LogP contribution in [-0.4, -0.2) is 96.9 Å². The number of fused-ring (bicyclic) bond motifs is 4. The number of morpholine rings is 2. The lowest BCUT2D eigenvalue weighted by atomic mass is 10.1. The molecule has 1 N–H and O–H groups in total. The Bertz CT molecular complexity index is 3240. The van der Waals surface area contributed by atoms with Crippen LogP contribution in [-0.2, 0) is 9.47 Å². The Kier molecular flexibility index (Phi) is 11.1. The van der Waals surface area contributed by atoms with E-state index in [-0.39, 0.29) is 11.1 Å². The molecule has 9 aromatic rings. The van der Waals surface area contributed by atoms with Crippen LogP contribution >= 0.6 is 50.7 Å². The summed E-state index contributed by atoms with van der Waals surface area (Å²) in [5.41, 5.74) is 8.04. The molecule has 13 nitrogen and oxygen atoms in total. The van der Waals surface area contributed by atoms with Gasteiger partial charge in [-0.3, -0.25) is 19.1 Å². The van der Waals surface area contributed by atoms with E-state index in [1.165, 1.54) is 24.3 Å². The largest absolute Gasteiger partial charge is 0.378 e. The maximum atomic E-state index is 15.1. The number of hydrogen-bond donors (Lipinski definition) is 1. The lowest BCUT2D eigenvalue weighted by Crippen LogP contribution is -2.36. The highest BCUT2D eigenvalue weighted by atomic mass is 79.9. The van der Waals surface area contributed by atoms with E-state index in [1.807, 2.05) is 35.1 Å². The van der Waals surface area contributed by atoms with Gasteiger partial charge in [0.2, 0.25) is 5.28 Å². The minimum atomic E-state index is -0.408. The number of imidazole rings is 2. The number of hydrogen-bond acceptors (Lipinski definition) is 10. The topological polar surface area (TPSA) is 128 Å². The molecule has 2 aliphatic heterocycles. The van der Waals surface area contributed by atoms with Gasteiger partial charge in [0.15, 0.2) is 5.82 Å². The predicted molar refractivity (Wildman–Crippen MR) is 246 cm³/mol. The summed E-state index contributed by atoms with van der Waals surface area (Å²) in [4.78, 5) is 27.0. The van der Waals surface area contributed by atoms with Gasteiger partial charge in [0.25, 0.3) is 0 Å². The second-order valence-electron chi connectivity index (χ2n) is 15.0. The number of aromatic amines is 1. The lowest BCUT2D eigenvalue weighted by Gasteiger charge is -2.29. The quantitative estimate of drug-likeness (QED) is 0.178. The van der Waals surface area contributed by atoms with E-state index in [9.17, 15) is 4.39 Å². The van der Waals surface area contributed by atoms with Crippen LogP contribution in [0.5, 0.6) is 0 Å². The Morgan fingerprint density at radius 2 is 1.11 bits per heavy atom. The van der Waals surface area contributed by atoms with Crippen LogP contribution in [0.3, 0.4) is 0 Å². The fraction of sp³-hybridized carbons (Fsp3) is 0.227. The zero-order valence-corrected chi connectivity index (χ0v) is 37.5. The monoisotopic (exact) mass is 971 g/mol. The molecule has 0 spiro atoms. The van der Waals surface area contributed by atoms with Crippen molar-refractivity contribution < 1.29 is 18.3 Å². The lowest BCUT2D eigenvalue weighted by molar-refractivity contribution is 0.122. The molecule has 0 unspecified atom stereocenters. The number of rotatable bonds is 5. The van der Waals surface area contributed by atoms with Gasteiger partial charge in [-0.1, -0.05) is 23.2 Å². The molecule has 0 atom stereocenters. The summed E-state index contributed by atoms with van der Waals surface area (Å²) in [5, 5.41) is 8.65. The van der Waals surface area contributed by atoms with E-state index in [4.69, 9.17) is 54.2 Å². The maximum absolute atomic E-state index is 15.1. The van der Waals surface area contributed by atoms with Gasteiger partial charge < -0.3 is 19.3 Å². The summed E-state index contributed by atoms with van der Waals surface area (Å²) in [6.07, 6.45) is 3.27. The highest BCUT2D eigenvalue weighted by Gasteiger charge is 2.24. The molecule has 63 heavy (non-hydrogen) atoms. The summed E-state index contributed by atoms with van der Waals surface area (Å²) < 4.78 is 45.7. The Morgan fingerprint density at radius 1 is 0.619 bits per heavy atom. The highest BCUT2D eigenvalue weighted by Crippen LogP contribution is 2.39. The Morgan fingerprint density at radius 3 is 1.62 bits per heavy atom. The number of pyridine rings is 2. The average molecular weight is 974 g/mol. The van der Waals surface area contributed by atoms with Crippen molar-refractivity contribution in [3.63, 3.8) is 0 Å². The first-order valence-electron chi connectivity index (χ1n) is 20.0. The molecule has 0 radical (unpaired) electrons. The van der Waals surface area contributed by atoms with Gasteiger partial charge in [-0.05, 0) is 102 Å². The number of benzene rings is 4. The van der Waals surface area contributed by atoms with E-state index >= 15 is 4.39 Å². The van der Waals surface area contributed by atoms with Gasteiger partial charge in [0.05, 0.1) is 86.3 Å². The van der Waals surface area contributed by atoms with Crippen molar-refractivity contribution in [2.75, 3.05) is 62.4 Å². The predicted octanol–water partition coefficient (Wildman–Crippen LogP) is 10.2. The summed E-state index contributed by atoms with van der Waals surface area (Å²) in [6.45, 7) is 9.60. The highest BCUT2D eigenvalue weighted by molar-refractivity contribution is 9.10. The number of aromatic nitrogens is 9. The Labute approximate surface area is 381 Å². The molecule has 0 amide bonds. The van der Waals surface area contributed by atoms with Crippen molar-refractivity contribution >= 4 is 106 Å². The molecular weight excluding hydrogens is 939 g/mol. The van der Waals surface area contributed by atoms with Crippen molar-refractivity contribution in [2.24, 2.45) is 0 Å². The molecule has 2 saturated heterocycles. The minimum Gasteiger partial charge on any atom is -0.378 e. The second-order valence-corrected chi connectivity index (χ2v) is 17.0. The van der Waals surface area contributed by atoms with Crippen LogP contribution in [0.25, 0.3) is 66.6 Å². The third-order valence-electron chi connectivity index (χ3n) is 11.3. The number of aryl methyl sites for hydroxylation is 2. The van der Waals surface area contributed by atoms with Crippen LogP contribution in [0.15, 0.2) is 77.5 Å². The van der Waals surface area contributed by atoms with E-state index < -0.39 is 5.82 Å². The fourth-order valence-corrected chi connectivity index (χ4v) is 9.45. The van der Waals surface area contributed by atoms with Crippen molar-refractivity contribution in [3.05, 3.63) is 116 Å². The average Bonchev–Trinajstić information content (AvgIpc) is 3.99. The third-order valence-corrected chi connectivity index (χ3v) is 12.6. The van der Waals surface area contributed by atoms with Gasteiger partial charge in [0, 0.05) is 54.4 Å². The zero-order chi connectivity index (χ0) is 43.5. The number of H-pyrrole nitrogens is 1. The Balaban J connectivity index is 0.000000152. The summed E-state index contributed by atoms with van der Waals surface area (Å²) in [5.74, 6) is 1.09. The minimum absolute atomic E-state index is 0.188. The van der Waals surface area contributed by atoms with Crippen LogP contribution in [0.1, 0.15) is 11.6 Å². The molecule has 320 valence electrons. The molecule has 2 aliphatic rings. The first-order valence-corrected chi connectivity index (χ1v) is 21.9. The van der Waals surface area contributed by atoms with Crippen LogP contribution < -0.4 is 9.80 Å². The molecule has 4 aromatic carbocycles. The van der Waals surface area contributed by atoms with Crippen molar-refractivity contribution in [1.82, 2.24) is 44.3 Å². The van der Waals surface area contributed by atoms with Crippen LogP contribution in [0.4, 0.5) is 20.2 Å². The van der Waals surface area contributed by atoms with Gasteiger partial charge in [-0.2, -0.15) is 10.1 Å². The third kappa shape index (κ3) is 7.51. The second kappa shape index (κ2) is 16.9. The number of halogens is 6. The molecule has 11 rings (SSSR count). The Hall–Kier alpha value is -5.49. The maximum Gasteiger partial charge on any atom is 0.218 e. The number of anilines is 2. The van der Waals surface area contributed by atoms with Gasteiger partial charge in [-0.25, -0.2) is 23.8 Å². The summed E-state index contributed by atoms with van der Waals surface area (Å²) in [6, 6.07) is 17.6. The first-order chi connectivity index (χ1) is 30.5. The normalized spacial score (nSPS) is 14.6. The van der Waals surface area contributed by atoms with E-state index in [0.29, 0.717) is 86.8 Å². The molecule has 5 aromatic heterocycles. The van der Waals surface area contributed by atoms with E-state index in [0.717, 1.165) is 70.0 Å². The van der Waals surface area contributed by atoms with Crippen LogP contribution in [0, 0.1) is 25.5 Å². The first kappa shape index (κ1) is 41.5. The summed E-state index contributed by atoms with van der Waals surface area (Å²) in [7, 11) is 0. The van der Waals surface area contributed by atoms with Crippen LogP contribution in [0.2, 0.25) is 15.3 Å². The number of ether oxygens (including phenoxy) is 2. The van der Waals surface area contributed by atoms with Crippen molar-refractivity contribution in [2.45, 2.75) is 13.8 Å². The standard InChI is InChI=1S/C23H18Cl2FN7O.C21H17BrClFN4O/c1-12-28-20-14(22-29-23(25)31-30-22)10-13(32-6-8-34-9-7-32)11-18(20)33(12)17-4-5-27-21-15(24)2-3-16(26)19(17)21;1-12-26-20-14(22)10-13(27-6-8-29-9-7-27)11-18(20)28(12)17-4-5-25-21-15(23)2-3-16(24)19(17)21/h2-5,10-11H,6-9H2,1H3,(H,29,30,31);2-5,10-11H,6-9H2,1H3. The fourth-order valence-electron chi connectivity index (χ4n) is 8.39. The molecule has 7 heterocycles. The van der Waals surface area contributed by atoms with Crippen molar-refractivity contribution in [1.29, 1.82) is 0 Å². The zero-order valence-electron chi connectivity index (χ0n) is 33.6.